The molecule has 0 saturated carbocycles. The molecule has 68 heavy (non-hydrogen) atoms. The first kappa shape index (κ1) is 24.0. The number of benzene rings is 7. The topological polar surface area (TPSA) is 9.72 Å². The van der Waals surface area contributed by atoms with E-state index in [-0.39, 0.29) is 93.0 Å². The molecule has 7 aromatic carbocycles. The number of hydrogen-bond acceptors (Lipinski definition) is 5. The molecule has 0 amide bonds. The molecule has 3 nitrogen and oxygen atoms in total. The summed E-state index contributed by atoms with van der Waals surface area (Å²) >= 11 is 1.73. The van der Waals surface area contributed by atoms with Gasteiger partial charge < -0.3 is 14.7 Å². The van der Waals surface area contributed by atoms with Gasteiger partial charge in [-0.3, -0.25) is 0 Å². The minimum Gasteiger partial charge on any atom is -0.310 e. The summed E-state index contributed by atoms with van der Waals surface area (Å²) in [6, 6.07) is -19.9. The number of rotatable bonds is 5. The SMILES string of the molecule is [2H]c1c([2H])c([2H])c(N(c2c([2H])c([2H])c([2H])c([2H])c2[2H])c2c([2H])c3c4c(c2[2H])N(c2c([2H])c([2H])c(C(C)(C)C)c([2H])c2[2H])c2c(sc5c([2H])c([2H])c(C(C)(C)C)c([2H])c25)B4c2sc4c([2H])c([2H])c(C(C)(C)C)c([2H])c4c2N3c2c([2H])c([2H])c(C(C)(C)C)c([2H])c2[2H])c([2H])c1[2H]. The van der Waals surface area contributed by atoms with Crippen LogP contribution in [-0.2, 0) is 21.7 Å². The number of para-hydroxylation sites is 2. The molecule has 0 N–H and O–H groups in total. The van der Waals surface area contributed by atoms with Crippen molar-refractivity contribution in [2.24, 2.45) is 0 Å². The normalized spacial score (nSPS) is 19.1. The molecule has 4 heterocycles. The molecule has 2 aromatic heterocycles. The van der Waals surface area contributed by atoms with E-state index in [0.29, 0.717) is 4.90 Å². The van der Waals surface area contributed by atoms with E-state index in [4.69, 9.17) is 8.22 Å². The second-order valence-corrected chi connectivity index (χ2v) is 23.2. The van der Waals surface area contributed by atoms with E-state index in [1.807, 2.05) is 0 Å². The van der Waals surface area contributed by atoms with Crippen molar-refractivity contribution in [1.29, 1.82) is 0 Å². The van der Waals surface area contributed by atoms with Gasteiger partial charge in [0.2, 0.25) is 0 Å². The summed E-state index contributed by atoms with van der Waals surface area (Å²) < 4.78 is 254. The van der Waals surface area contributed by atoms with Gasteiger partial charge in [-0.05, 0) is 134 Å². The molecule has 340 valence electrons. The predicted octanol–water partition coefficient (Wildman–Crippen LogP) is 16.9. The predicted molar refractivity (Wildman–Crippen MR) is 301 cm³/mol. The zero-order valence-corrected chi connectivity index (χ0v) is 41.4. The van der Waals surface area contributed by atoms with Crippen molar-refractivity contribution >= 4 is 116 Å². The van der Waals surface area contributed by atoms with Crippen LogP contribution < -0.4 is 29.7 Å². The van der Waals surface area contributed by atoms with Gasteiger partial charge in [0.05, 0.1) is 52.7 Å². The summed E-state index contributed by atoms with van der Waals surface area (Å²) in [4.78, 5) is 2.81. The number of thiophene rings is 2. The van der Waals surface area contributed by atoms with Gasteiger partial charge in [0.25, 0.3) is 6.71 Å². The maximum atomic E-state index is 11.1. The molecule has 6 heteroatoms. The lowest BCUT2D eigenvalue weighted by Gasteiger charge is -2.43. The third kappa shape index (κ3) is 7.38. The Kier molecular flexibility index (Phi) is 5.55. The Balaban J connectivity index is 1.56. The summed E-state index contributed by atoms with van der Waals surface area (Å²) in [5.74, 6) is 0. The highest BCUT2D eigenvalue weighted by molar-refractivity contribution is 7.40. The number of hydrogen-bond donors (Lipinski definition) is 0. The zero-order chi connectivity index (χ0) is 70.3. The highest BCUT2D eigenvalue weighted by atomic mass is 32.1. The number of nitrogens with zero attached hydrogens (tertiary/aromatic N) is 3. The third-order valence-corrected chi connectivity index (χ3v) is 14.2. The first-order chi connectivity index (χ1) is 43.1. The fourth-order valence-corrected chi connectivity index (χ4v) is 10.9. The molecule has 0 bridgehead atoms. The third-order valence-electron chi connectivity index (χ3n) is 11.9. The summed E-state index contributed by atoms with van der Waals surface area (Å²) in [6.07, 6.45) is 0. The van der Waals surface area contributed by atoms with E-state index in [0.717, 1.165) is 32.5 Å². The van der Waals surface area contributed by atoms with Crippen molar-refractivity contribution in [1.82, 2.24) is 0 Å². The van der Waals surface area contributed by atoms with Crippen LogP contribution >= 0.6 is 22.7 Å². The largest absolute Gasteiger partial charge is 0.310 e. The molecule has 0 unspecified atom stereocenters. The maximum Gasteiger partial charge on any atom is 0.277 e. The molecular formula is C62H62BN3S2. The maximum absolute atomic E-state index is 11.1. The molecule has 0 saturated heterocycles. The minimum atomic E-state index is -1.53. The average molecular weight is 950 g/mol. The van der Waals surface area contributed by atoms with E-state index in [1.54, 1.807) is 83.1 Å². The number of fused-ring (bicyclic) bond motifs is 8. The quantitative estimate of drug-likeness (QED) is 0.159. The zero-order valence-electron chi connectivity index (χ0n) is 65.7. The van der Waals surface area contributed by atoms with Crippen molar-refractivity contribution in [2.45, 2.75) is 105 Å². The highest BCUT2D eigenvalue weighted by Gasteiger charge is 2.48. The van der Waals surface area contributed by atoms with Crippen LogP contribution in [0.25, 0.3) is 20.2 Å². The van der Waals surface area contributed by atoms with Crippen molar-refractivity contribution in [2.75, 3.05) is 14.7 Å². The number of anilines is 9. The van der Waals surface area contributed by atoms with Crippen LogP contribution in [0.15, 0.2) is 157 Å². The van der Waals surface area contributed by atoms with Gasteiger partial charge in [-0.1, -0.05) is 156 Å². The average Bonchev–Trinajstić information content (AvgIpc) is 1.33. The Labute approximate surface area is 449 Å². The van der Waals surface area contributed by atoms with Crippen LogP contribution in [-0.4, -0.2) is 6.71 Å². The smallest absolute Gasteiger partial charge is 0.277 e. The molecule has 0 radical (unpaired) electrons. The van der Waals surface area contributed by atoms with Crippen molar-refractivity contribution in [3.63, 3.8) is 0 Å². The van der Waals surface area contributed by atoms with E-state index in [9.17, 15) is 27.4 Å². The van der Waals surface area contributed by atoms with Crippen molar-refractivity contribution in [3.05, 3.63) is 179 Å². The van der Waals surface area contributed by atoms with Gasteiger partial charge >= 0.3 is 0 Å². The van der Waals surface area contributed by atoms with Crippen molar-refractivity contribution in [3.8, 4) is 0 Å². The lowest BCUT2D eigenvalue weighted by Crippen LogP contribution is -2.59. The second kappa shape index (κ2) is 15.7. The van der Waals surface area contributed by atoms with E-state index in [2.05, 4.69) is 0 Å². The molecule has 0 spiro atoms. The van der Waals surface area contributed by atoms with E-state index >= 15 is 0 Å². The molecular weight excluding hydrogens is 862 g/mol. The molecule has 0 atom stereocenters. The molecule has 9 aromatic rings. The molecule has 2 aliphatic heterocycles. The fourth-order valence-electron chi connectivity index (χ4n) is 8.35. The highest BCUT2D eigenvalue weighted by Crippen LogP contribution is 2.53. The van der Waals surface area contributed by atoms with Crippen molar-refractivity contribution < 1.29 is 35.6 Å². The Bertz CT molecular complexity index is 4540. The van der Waals surface area contributed by atoms with Gasteiger partial charge in [0.15, 0.2) is 0 Å². The summed E-state index contributed by atoms with van der Waals surface area (Å²) in [5.41, 5.74) is -10.4. The Morgan fingerprint density at radius 2 is 0.765 bits per heavy atom. The van der Waals surface area contributed by atoms with Gasteiger partial charge in [-0.15, -0.1) is 22.7 Å². The van der Waals surface area contributed by atoms with Crippen LogP contribution in [0, 0.1) is 0 Å². The fraction of sp³-hybridized carbons (Fsp3) is 0.258. The Morgan fingerprint density at radius 1 is 0.412 bits per heavy atom. The lowest BCUT2D eigenvalue weighted by atomic mass is 9.39. The first-order valence-corrected chi connectivity index (χ1v) is 23.8. The summed E-state index contributed by atoms with van der Waals surface area (Å²) in [7, 11) is 0. The van der Waals surface area contributed by atoms with Gasteiger partial charge in [-0.2, -0.15) is 0 Å². The molecule has 11 rings (SSSR count). The lowest BCUT2D eigenvalue weighted by molar-refractivity contribution is 0.590. The minimum absolute atomic E-state index is 0.0383. The van der Waals surface area contributed by atoms with E-state index < -0.39 is 201 Å². The Morgan fingerprint density at radius 3 is 1.12 bits per heavy atom. The van der Waals surface area contributed by atoms with E-state index in [1.165, 1.54) is 0 Å². The van der Waals surface area contributed by atoms with Crippen LogP contribution in [0.2, 0.25) is 0 Å². The Hall–Kier alpha value is -6.08. The molecule has 2 aliphatic rings. The second-order valence-electron chi connectivity index (χ2n) is 21.1. The monoisotopic (exact) mass is 950 g/mol. The summed E-state index contributed by atoms with van der Waals surface area (Å²) in [5, 5.41) is -0.237. The summed E-state index contributed by atoms with van der Waals surface area (Å²) in [6.45, 7) is 18.8. The van der Waals surface area contributed by atoms with Gasteiger partial charge in [-0.25, -0.2) is 0 Å². The van der Waals surface area contributed by atoms with Crippen LogP contribution in [0.3, 0.4) is 0 Å². The van der Waals surface area contributed by atoms with Crippen LogP contribution in [0.4, 0.5) is 51.2 Å². The first-order valence-electron chi connectivity index (χ1n) is 35.2. The van der Waals surface area contributed by atoms with Crippen LogP contribution in [0.5, 0.6) is 0 Å². The standard InChI is InChI=1S/C62H62BN3S2/c1-59(2,3)39-23-29-45(30-24-39)65-50-37-47(64(43-19-15-13-16-20-43)44-21-17-14-18-22-44)38-51-54(50)63(57-55(65)48-35-41(61(7,8)9)27-33-52(48)67-57)58-56(49-36-42(62(10,11)12)28-34-53(49)68-58)66(51)46-31-25-40(26-32-46)60(4,5)6/h13-38H,1-12H3/i13D,14D,15D,16D,17D,18D,19D,20D,21D,22D,23D,24D,25D,26D,27D,28D,29D,30D,31D,32D,33D,34D,35D,36D,37D,38D. The molecule has 0 fully saturated rings. The molecule has 0 aliphatic carbocycles. The van der Waals surface area contributed by atoms with Gasteiger partial charge in [0, 0.05) is 63.8 Å². The van der Waals surface area contributed by atoms with Crippen LogP contribution in [0.1, 0.15) is 141 Å². The van der Waals surface area contributed by atoms with Gasteiger partial charge in [0.1, 0.15) is 0 Å².